The van der Waals surface area contributed by atoms with Crippen molar-refractivity contribution in [2.75, 3.05) is 32.1 Å². The van der Waals surface area contributed by atoms with Crippen molar-refractivity contribution < 1.29 is 14.7 Å². The summed E-state index contributed by atoms with van der Waals surface area (Å²) in [6, 6.07) is 15.6. The molecule has 0 aliphatic carbocycles. The van der Waals surface area contributed by atoms with E-state index in [4.69, 9.17) is 0 Å². The first-order valence-electron chi connectivity index (χ1n) is 10.6. The molecule has 9 nitrogen and oxygen atoms in total. The monoisotopic (exact) mass is 434 g/mol. The van der Waals surface area contributed by atoms with Gasteiger partial charge in [0.15, 0.2) is 5.84 Å². The minimum Gasteiger partial charge on any atom is -0.372 e. The van der Waals surface area contributed by atoms with Crippen molar-refractivity contribution in [3.63, 3.8) is 0 Å². The molecule has 2 heterocycles. The average molecular weight is 435 g/mol. The van der Waals surface area contributed by atoms with Crippen LogP contribution in [0.2, 0.25) is 0 Å². The minimum absolute atomic E-state index is 0.246. The second-order valence-corrected chi connectivity index (χ2v) is 7.54. The number of nitrogens with one attached hydrogen (secondary N) is 1. The lowest BCUT2D eigenvalue weighted by Crippen LogP contribution is -2.29. The average Bonchev–Trinajstić information content (AvgIpc) is 3.10. The molecule has 0 radical (unpaired) electrons. The summed E-state index contributed by atoms with van der Waals surface area (Å²) in [5.41, 5.74) is 6.45. The van der Waals surface area contributed by atoms with Crippen molar-refractivity contribution in [3.8, 4) is 0 Å². The maximum absolute atomic E-state index is 12.3. The third kappa shape index (κ3) is 5.19. The maximum Gasteiger partial charge on any atom is 0.277 e. The van der Waals surface area contributed by atoms with Gasteiger partial charge in [-0.15, -0.1) is 10.1 Å². The number of rotatable bonds is 6. The second-order valence-electron chi connectivity index (χ2n) is 7.54. The fourth-order valence-electron chi connectivity index (χ4n) is 3.61. The fraction of sp³-hybridized carbons (Fsp3) is 0.304. The van der Waals surface area contributed by atoms with Crippen LogP contribution in [0.3, 0.4) is 0 Å². The Morgan fingerprint density at radius 3 is 2.22 bits per heavy atom. The second kappa shape index (κ2) is 10.2. The molecule has 2 aromatic rings. The molecule has 9 heteroatoms. The number of amides is 1. The predicted molar refractivity (Wildman–Crippen MR) is 123 cm³/mol. The van der Waals surface area contributed by atoms with Crippen molar-refractivity contribution in [2.45, 2.75) is 19.3 Å². The highest BCUT2D eigenvalue weighted by molar-refractivity contribution is 6.26. The van der Waals surface area contributed by atoms with Crippen LogP contribution in [0.25, 0.3) is 6.08 Å². The molecular formula is C23H26N6O3. The van der Waals surface area contributed by atoms with Crippen LogP contribution in [0.1, 0.15) is 24.8 Å². The van der Waals surface area contributed by atoms with Gasteiger partial charge in [-0.2, -0.15) is 10.2 Å². The van der Waals surface area contributed by atoms with Crippen LogP contribution < -0.4 is 10.4 Å². The number of hydrazone groups is 1. The van der Waals surface area contributed by atoms with E-state index in [0.717, 1.165) is 30.0 Å². The van der Waals surface area contributed by atoms with E-state index >= 15 is 0 Å². The van der Waals surface area contributed by atoms with E-state index in [1.54, 1.807) is 13.1 Å². The Kier molecular flexibility index (Phi) is 6.88. The number of hydroxylamine groups is 1. The van der Waals surface area contributed by atoms with E-state index in [9.17, 15) is 4.79 Å². The van der Waals surface area contributed by atoms with Gasteiger partial charge in [0.1, 0.15) is 0 Å². The van der Waals surface area contributed by atoms with Gasteiger partial charge >= 0.3 is 0 Å². The van der Waals surface area contributed by atoms with Gasteiger partial charge in [-0.25, -0.2) is 15.4 Å². The van der Waals surface area contributed by atoms with Crippen LogP contribution in [-0.4, -0.2) is 44.0 Å². The fourth-order valence-corrected chi connectivity index (χ4v) is 3.61. The van der Waals surface area contributed by atoms with Crippen LogP contribution in [0, 0.1) is 0 Å². The Morgan fingerprint density at radius 2 is 1.59 bits per heavy atom. The Morgan fingerprint density at radius 1 is 0.969 bits per heavy atom. The standard InChI is InChI=1S/C23H26N6O3/c1-28-23(30)21(22(26-28)27-32-31-2)16-17-6-8-18(9-7-17)24-25-19-10-12-20(13-11-19)29-14-4-3-5-15-29/h6-13,16H,3-5,14-15H2,1-2H3,(H,26,27)/b21-16-,25-24+. The molecule has 2 aliphatic rings. The molecule has 1 amide bonds. The molecule has 2 aromatic carbocycles. The minimum atomic E-state index is -0.246. The molecule has 0 unspecified atom stereocenters. The number of azo groups is 1. The van der Waals surface area contributed by atoms with E-state index in [1.165, 1.54) is 37.1 Å². The van der Waals surface area contributed by atoms with Crippen molar-refractivity contribution in [3.05, 3.63) is 59.7 Å². The van der Waals surface area contributed by atoms with Gasteiger partial charge in [-0.05, 0) is 67.3 Å². The Bertz CT molecular complexity index is 1020. The van der Waals surface area contributed by atoms with Gasteiger partial charge in [-0.1, -0.05) is 12.1 Å². The molecule has 2 aliphatic heterocycles. The molecule has 1 saturated heterocycles. The summed E-state index contributed by atoms with van der Waals surface area (Å²) in [5, 5.41) is 14.0. The normalized spacial score (nSPS) is 18.0. The zero-order valence-electron chi connectivity index (χ0n) is 18.2. The predicted octanol–water partition coefficient (Wildman–Crippen LogP) is 4.34. The maximum atomic E-state index is 12.3. The topological polar surface area (TPSA) is 91.1 Å². The highest BCUT2D eigenvalue weighted by Gasteiger charge is 2.28. The van der Waals surface area contributed by atoms with Crippen LogP contribution in [-0.2, 0) is 14.7 Å². The summed E-state index contributed by atoms with van der Waals surface area (Å²) in [5.74, 6) is 0.0279. The van der Waals surface area contributed by atoms with Gasteiger partial charge in [0.2, 0.25) is 0 Å². The van der Waals surface area contributed by atoms with E-state index in [-0.39, 0.29) is 11.7 Å². The molecule has 1 N–H and O–H groups in total. The number of nitrogens with zero attached hydrogens (tertiary/aromatic N) is 5. The lowest BCUT2D eigenvalue weighted by Gasteiger charge is -2.28. The summed E-state index contributed by atoms with van der Waals surface area (Å²) in [4.78, 5) is 23.9. The number of hydrogen-bond acceptors (Lipinski definition) is 8. The van der Waals surface area contributed by atoms with Crippen LogP contribution in [0.5, 0.6) is 0 Å². The number of anilines is 1. The Labute approximate surface area is 186 Å². The van der Waals surface area contributed by atoms with Crippen LogP contribution in [0.4, 0.5) is 17.1 Å². The molecule has 0 spiro atoms. The molecule has 1 fully saturated rings. The number of piperidine rings is 1. The Hall–Kier alpha value is -3.56. The first-order chi connectivity index (χ1) is 15.6. The van der Waals surface area contributed by atoms with Crippen molar-refractivity contribution in [2.24, 2.45) is 15.3 Å². The highest BCUT2D eigenvalue weighted by atomic mass is 17.3. The number of carbonyl (C=O) groups excluding carboxylic acids is 1. The largest absolute Gasteiger partial charge is 0.372 e. The highest BCUT2D eigenvalue weighted by Crippen LogP contribution is 2.25. The van der Waals surface area contributed by atoms with E-state index in [2.05, 4.69) is 47.7 Å². The van der Waals surface area contributed by atoms with Crippen molar-refractivity contribution in [1.82, 2.24) is 10.5 Å². The number of hydrogen-bond donors (Lipinski definition) is 1. The first kappa shape index (κ1) is 21.7. The van der Waals surface area contributed by atoms with Crippen LogP contribution in [0.15, 0.2) is 69.4 Å². The quantitative estimate of drug-likeness (QED) is 0.316. The lowest BCUT2D eigenvalue weighted by molar-refractivity contribution is -0.300. The SMILES string of the molecule is COONC1=NN(C)C(=O)/C1=C\c1ccc(/N=N/c2ccc(N3CCCCC3)cc2)cc1. The molecule has 4 rings (SSSR count). The molecule has 0 saturated carbocycles. The molecule has 166 valence electrons. The third-order valence-electron chi connectivity index (χ3n) is 5.31. The van der Waals surface area contributed by atoms with Crippen molar-refractivity contribution in [1.29, 1.82) is 0 Å². The number of amidine groups is 1. The van der Waals surface area contributed by atoms with Gasteiger partial charge in [-0.3, -0.25) is 4.79 Å². The number of likely N-dealkylation sites (N-methyl/N-ethyl adjacent to an activating group) is 1. The zero-order valence-corrected chi connectivity index (χ0v) is 18.2. The Balaban J connectivity index is 1.41. The van der Waals surface area contributed by atoms with Gasteiger partial charge in [0.05, 0.1) is 24.1 Å². The summed E-state index contributed by atoms with van der Waals surface area (Å²) in [6.07, 6.45) is 5.55. The van der Waals surface area contributed by atoms with E-state index in [0.29, 0.717) is 5.57 Å². The van der Waals surface area contributed by atoms with Gasteiger partial charge < -0.3 is 4.90 Å². The van der Waals surface area contributed by atoms with E-state index in [1.807, 2.05) is 36.4 Å². The lowest BCUT2D eigenvalue weighted by atomic mass is 10.1. The smallest absolute Gasteiger partial charge is 0.277 e. The molecular weight excluding hydrogens is 408 g/mol. The number of benzene rings is 2. The van der Waals surface area contributed by atoms with Crippen molar-refractivity contribution >= 4 is 34.9 Å². The van der Waals surface area contributed by atoms with Gasteiger partial charge in [0.25, 0.3) is 5.91 Å². The van der Waals surface area contributed by atoms with Gasteiger partial charge in [0, 0.05) is 25.8 Å². The van der Waals surface area contributed by atoms with E-state index < -0.39 is 0 Å². The first-order valence-corrected chi connectivity index (χ1v) is 10.6. The summed E-state index contributed by atoms with van der Waals surface area (Å²) in [6.45, 7) is 2.24. The molecule has 0 aromatic heterocycles. The molecule has 0 atom stereocenters. The summed E-state index contributed by atoms with van der Waals surface area (Å²) in [7, 11) is 2.92. The molecule has 0 bridgehead atoms. The summed E-state index contributed by atoms with van der Waals surface area (Å²) < 4.78 is 0. The number of carbonyl (C=O) groups is 1. The zero-order chi connectivity index (χ0) is 22.3. The van der Waals surface area contributed by atoms with Crippen LogP contribution >= 0.6 is 0 Å². The third-order valence-corrected chi connectivity index (χ3v) is 5.31. The summed E-state index contributed by atoms with van der Waals surface area (Å²) >= 11 is 0. The molecule has 32 heavy (non-hydrogen) atoms.